The second kappa shape index (κ2) is 9.30. The van der Waals surface area contributed by atoms with Crippen molar-refractivity contribution in [3.8, 4) is 10.6 Å². The lowest BCUT2D eigenvalue weighted by molar-refractivity contribution is -0.145. The highest BCUT2D eigenvalue weighted by Gasteiger charge is 2.10. The molecule has 7 heteroatoms. The van der Waals surface area contributed by atoms with Gasteiger partial charge in [-0.15, -0.1) is 11.3 Å². The molecule has 27 heavy (non-hydrogen) atoms. The van der Waals surface area contributed by atoms with Crippen LogP contribution in [0.4, 0.5) is 0 Å². The first-order valence-electron chi connectivity index (χ1n) is 8.27. The molecule has 138 valence electrons. The van der Waals surface area contributed by atoms with Crippen LogP contribution in [0.5, 0.6) is 0 Å². The van der Waals surface area contributed by atoms with Gasteiger partial charge in [0.1, 0.15) is 18.2 Å². The lowest BCUT2D eigenvalue weighted by atomic mass is 10.1. The predicted molar refractivity (Wildman–Crippen MR) is 106 cm³/mol. The number of halogens is 1. The first kappa shape index (κ1) is 19.1. The van der Waals surface area contributed by atoms with Crippen LogP contribution in [0.1, 0.15) is 11.3 Å². The van der Waals surface area contributed by atoms with Crippen LogP contribution < -0.4 is 5.32 Å². The zero-order chi connectivity index (χ0) is 19.1. The van der Waals surface area contributed by atoms with Crippen molar-refractivity contribution in [2.45, 2.75) is 13.0 Å². The van der Waals surface area contributed by atoms with Crippen LogP contribution in [-0.4, -0.2) is 23.4 Å². The third kappa shape index (κ3) is 5.91. The van der Waals surface area contributed by atoms with Gasteiger partial charge in [-0.25, -0.2) is 4.98 Å². The number of carbonyl (C=O) groups is 2. The summed E-state index contributed by atoms with van der Waals surface area (Å²) in [4.78, 5) is 28.1. The molecule has 3 rings (SSSR count). The highest BCUT2D eigenvalue weighted by Crippen LogP contribution is 2.25. The van der Waals surface area contributed by atoms with Crippen molar-refractivity contribution in [1.82, 2.24) is 10.3 Å². The van der Waals surface area contributed by atoms with Gasteiger partial charge in [0.2, 0.25) is 5.91 Å². The van der Waals surface area contributed by atoms with Crippen LogP contribution in [0.25, 0.3) is 10.6 Å². The van der Waals surface area contributed by atoms with Gasteiger partial charge in [-0.05, 0) is 17.7 Å². The lowest BCUT2D eigenvalue weighted by Gasteiger charge is -2.05. The summed E-state index contributed by atoms with van der Waals surface area (Å²) in [6, 6.07) is 16.7. The third-order valence-corrected chi connectivity index (χ3v) is 4.85. The van der Waals surface area contributed by atoms with E-state index in [1.54, 1.807) is 12.1 Å². The fraction of sp³-hybridized carbons (Fsp3) is 0.150. The van der Waals surface area contributed by atoms with E-state index in [1.165, 1.54) is 11.3 Å². The second-order valence-corrected chi connectivity index (χ2v) is 7.05. The molecule has 0 radical (unpaired) electrons. The molecule has 0 saturated carbocycles. The average molecular weight is 401 g/mol. The highest BCUT2D eigenvalue weighted by molar-refractivity contribution is 7.13. The number of carbonyl (C=O) groups excluding carboxylic acids is 2. The first-order chi connectivity index (χ1) is 13.1. The monoisotopic (exact) mass is 400 g/mol. The van der Waals surface area contributed by atoms with Crippen molar-refractivity contribution in [3.63, 3.8) is 0 Å². The quantitative estimate of drug-likeness (QED) is 0.611. The number of benzene rings is 2. The second-order valence-electron chi connectivity index (χ2n) is 5.75. The minimum Gasteiger partial charge on any atom is -0.458 e. The molecule has 0 fully saturated rings. The molecular formula is C20H17ClN2O3S. The third-order valence-electron chi connectivity index (χ3n) is 3.66. The standard InChI is InChI=1S/C20H17ClN2O3S/c21-16-8-6-15(7-9-16)20-23-17(13-27-20)12-26-19(25)11-22-18(24)10-14-4-2-1-3-5-14/h1-9,13H,10-12H2,(H,22,24). The molecule has 1 N–H and O–H groups in total. The maximum Gasteiger partial charge on any atom is 0.325 e. The number of ether oxygens (including phenoxy) is 1. The molecule has 0 saturated heterocycles. The SMILES string of the molecule is O=C(Cc1ccccc1)NCC(=O)OCc1csc(-c2ccc(Cl)cc2)n1. The summed E-state index contributed by atoms with van der Waals surface area (Å²) >= 11 is 7.35. The number of amides is 1. The van der Waals surface area contributed by atoms with Crippen LogP contribution in [0.2, 0.25) is 5.02 Å². The summed E-state index contributed by atoms with van der Waals surface area (Å²) in [5.74, 6) is -0.728. The van der Waals surface area contributed by atoms with Crippen LogP contribution in [0.3, 0.4) is 0 Å². The van der Waals surface area contributed by atoms with Gasteiger partial charge >= 0.3 is 5.97 Å². The summed E-state index contributed by atoms with van der Waals surface area (Å²) in [5, 5.41) is 5.89. The Morgan fingerprint density at radius 3 is 2.56 bits per heavy atom. The highest BCUT2D eigenvalue weighted by atomic mass is 35.5. The van der Waals surface area contributed by atoms with Crippen molar-refractivity contribution < 1.29 is 14.3 Å². The van der Waals surface area contributed by atoms with E-state index in [0.29, 0.717) is 10.7 Å². The van der Waals surface area contributed by atoms with Gasteiger partial charge in [-0.1, -0.05) is 54.1 Å². The molecule has 1 amide bonds. The number of hydrogen-bond donors (Lipinski definition) is 1. The zero-order valence-electron chi connectivity index (χ0n) is 14.4. The summed E-state index contributed by atoms with van der Waals surface area (Å²) in [7, 11) is 0. The number of nitrogens with zero attached hydrogens (tertiary/aromatic N) is 1. The molecular weight excluding hydrogens is 384 g/mol. The molecule has 2 aromatic carbocycles. The van der Waals surface area contributed by atoms with Crippen LogP contribution in [-0.2, 0) is 27.4 Å². The number of esters is 1. The summed E-state index contributed by atoms with van der Waals surface area (Å²) in [5.41, 5.74) is 2.50. The van der Waals surface area contributed by atoms with Gasteiger partial charge in [0.25, 0.3) is 0 Å². The van der Waals surface area contributed by atoms with E-state index in [-0.39, 0.29) is 25.5 Å². The summed E-state index contributed by atoms with van der Waals surface area (Å²) < 4.78 is 5.17. The maximum atomic E-state index is 11.8. The molecule has 0 spiro atoms. The molecule has 0 aliphatic carbocycles. The molecule has 1 heterocycles. The van der Waals surface area contributed by atoms with Crippen molar-refractivity contribution in [2.24, 2.45) is 0 Å². The van der Waals surface area contributed by atoms with Gasteiger partial charge in [0.05, 0.1) is 12.1 Å². The van der Waals surface area contributed by atoms with Gasteiger partial charge in [-0.2, -0.15) is 0 Å². The minimum atomic E-state index is -0.502. The van der Waals surface area contributed by atoms with Gasteiger partial charge in [0, 0.05) is 16.0 Å². The molecule has 0 unspecified atom stereocenters. The Morgan fingerprint density at radius 1 is 1.07 bits per heavy atom. The number of thiazole rings is 1. The summed E-state index contributed by atoms with van der Waals surface area (Å²) in [6.45, 7) is -0.0999. The number of hydrogen-bond acceptors (Lipinski definition) is 5. The maximum absolute atomic E-state index is 11.8. The Labute approximate surface area is 166 Å². The Morgan fingerprint density at radius 2 is 1.81 bits per heavy atom. The smallest absolute Gasteiger partial charge is 0.325 e. The van der Waals surface area contributed by atoms with Crippen LogP contribution in [0, 0.1) is 0 Å². The minimum absolute atomic E-state index is 0.0669. The van der Waals surface area contributed by atoms with Gasteiger partial charge < -0.3 is 10.1 Å². The van der Waals surface area contributed by atoms with E-state index in [0.717, 1.165) is 16.1 Å². The first-order valence-corrected chi connectivity index (χ1v) is 9.52. The van der Waals surface area contributed by atoms with Gasteiger partial charge in [-0.3, -0.25) is 9.59 Å². The number of rotatable bonds is 7. The zero-order valence-corrected chi connectivity index (χ0v) is 15.9. The van der Waals surface area contributed by atoms with E-state index < -0.39 is 5.97 Å². The lowest BCUT2D eigenvalue weighted by Crippen LogP contribution is -2.31. The fourth-order valence-electron chi connectivity index (χ4n) is 2.32. The fourth-order valence-corrected chi connectivity index (χ4v) is 3.25. The number of nitrogens with one attached hydrogen (secondary N) is 1. The molecule has 5 nitrogen and oxygen atoms in total. The Kier molecular flexibility index (Phi) is 6.57. The molecule has 0 bridgehead atoms. The van der Waals surface area contributed by atoms with Crippen molar-refractivity contribution >= 4 is 34.8 Å². The van der Waals surface area contributed by atoms with Crippen molar-refractivity contribution in [1.29, 1.82) is 0 Å². The molecule has 1 aromatic heterocycles. The van der Waals surface area contributed by atoms with Crippen LogP contribution >= 0.6 is 22.9 Å². The molecule has 3 aromatic rings. The van der Waals surface area contributed by atoms with Crippen molar-refractivity contribution in [3.05, 3.63) is 76.3 Å². The largest absolute Gasteiger partial charge is 0.458 e. The Balaban J connectivity index is 1.43. The summed E-state index contributed by atoms with van der Waals surface area (Å²) in [6.07, 6.45) is 0.227. The Hall–Kier alpha value is -2.70. The van der Waals surface area contributed by atoms with E-state index in [9.17, 15) is 9.59 Å². The molecule has 0 atom stereocenters. The van der Waals surface area contributed by atoms with E-state index >= 15 is 0 Å². The van der Waals surface area contributed by atoms with E-state index in [2.05, 4.69) is 10.3 Å². The van der Waals surface area contributed by atoms with Crippen molar-refractivity contribution in [2.75, 3.05) is 6.54 Å². The topological polar surface area (TPSA) is 68.3 Å². The van der Waals surface area contributed by atoms with E-state index in [1.807, 2.05) is 47.8 Å². The average Bonchev–Trinajstić information content (AvgIpc) is 3.15. The van der Waals surface area contributed by atoms with E-state index in [4.69, 9.17) is 16.3 Å². The molecule has 0 aliphatic rings. The Bertz CT molecular complexity index is 910. The normalized spacial score (nSPS) is 10.4. The van der Waals surface area contributed by atoms with Gasteiger partial charge in [0.15, 0.2) is 0 Å². The number of aromatic nitrogens is 1. The predicted octanol–water partition coefficient (Wildman–Crippen LogP) is 3.87. The molecule has 0 aliphatic heterocycles. The van der Waals surface area contributed by atoms with Crippen LogP contribution in [0.15, 0.2) is 60.0 Å².